The van der Waals surface area contributed by atoms with Crippen molar-refractivity contribution >= 4 is 50.1 Å². The molecule has 0 spiro atoms. The highest BCUT2D eigenvalue weighted by molar-refractivity contribution is 7.89. The summed E-state index contributed by atoms with van der Waals surface area (Å²) in [6, 6.07) is 6.44. The predicted octanol–water partition coefficient (Wildman–Crippen LogP) is 3.58. The van der Waals surface area contributed by atoms with Gasteiger partial charge in [-0.3, -0.25) is 14.2 Å². The van der Waals surface area contributed by atoms with Gasteiger partial charge in [-0.05, 0) is 74.8 Å². The molecule has 3 aromatic heterocycles. The Hall–Kier alpha value is -4.10. The number of aromatic nitrogens is 5. The van der Waals surface area contributed by atoms with Crippen molar-refractivity contribution in [2.24, 2.45) is 11.8 Å². The van der Waals surface area contributed by atoms with Crippen LogP contribution in [0.25, 0.3) is 10.9 Å². The Labute approximate surface area is 260 Å². The number of pyridine rings is 1. The first-order valence-electron chi connectivity index (χ1n) is 14.4. The molecule has 1 saturated carbocycles. The highest BCUT2D eigenvalue weighted by Crippen LogP contribution is 2.58. The van der Waals surface area contributed by atoms with Crippen LogP contribution in [-0.2, 0) is 16.6 Å². The van der Waals surface area contributed by atoms with Crippen LogP contribution < -0.4 is 20.5 Å². The van der Waals surface area contributed by atoms with Crippen LogP contribution >= 0.6 is 11.6 Å². The van der Waals surface area contributed by atoms with Gasteiger partial charge in [0, 0.05) is 37.6 Å². The summed E-state index contributed by atoms with van der Waals surface area (Å²) in [5.74, 6) is 1.79. The van der Waals surface area contributed by atoms with E-state index in [1.165, 1.54) is 6.07 Å². The number of nitrogens with one attached hydrogen (secondary N) is 2. The fourth-order valence-corrected chi connectivity index (χ4v) is 6.94. The summed E-state index contributed by atoms with van der Waals surface area (Å²) in [5, 5.41) is 3.81. The molecule has 2 aliphatic rings. The minimum Gasteiger partial charge on any atom is -0.377 e. The highest BCUT2D eigenvalue weighted by Gasteiger charge is 2.57. The summed E-state index contributed by atoms with van der Waals surface area (Å²) in [6.45, 7) is 9.66. The first-order valence-corrected chi connectivity index (χ1v) is 16.6. The highest BCUT2D eigenvalue weighted by atomic mass is 35.5. The van der Waals surface area contributed by atoms with E-state index in [-0.39, 0.29) is 22.1 Å². The normalized spacial score (nSPS) is 20.0. The van der Waals surface area contributed by atoms with Gasteiger partial charge < -0.3 is 10.2 Å². The van der Waals surface area contributed by atoms with E-state index in [2.05, 4.69) is 25.2 Å². The molecule has 2 fully saturated rings. The zero-order valence-electron chi connectivity index (χ0n) is 25.0. The summed E-state index contributed by atoms with van der Waals surface area (Å²) in [5.41, 5.74) is 3.35. The minimum atomic E-state index is -3.83. The second kappa shape index (κ2) is 11.1. The first-order chi connectivity index (χ1) is 20.8. The number of anilines is 2. The standard InChI is InChI=1S/C30H33ClN8O4S/c1-6-39-29(41)20-10-15(2)9-19(16(3)34-23-7-8-24(31)35-27(23)28(40)37-44(5,42)43)26(20)36-30(39)38-13-21-22(14-38)25(21)18-11-32-17(4)33-12-18/h7-12,16,21-22,25,34H,6,13-14H2,1-5H3,(H,37,40)/t16-,21-,22+,25?/m1/s1. The molecule has 1 amide bonds. The lowest BCUT2D eigenvalue weighted by molar-refractivity contribution is 0.0977. The average molecular weight is 637 g/mol. The molecule has 1 saturated heterocycles. The molecule has 4 aromatic rings. The van der Waals surface area contributed by atoms with Gasteiger partial charge in [-0.2, -0.15) is 0 Å². The van der Waals surface area contributed by atoms with E-state index >= 15 is 0 Å². The molecule has 230 valence electrons. The molecule has 4 atom stereocenters. The van der Waals surface area contributed by atoms with E-state index in [0.29, 0.717) is 41.1 Å². The van der Waals surface area contributed by atoms with Gasteiger partial charge in [0.2, 0.25) is 16.0 Å². The number of piperidine rings is 1. The number of halogens is 1. The molecule has 6 rings (SSSR count). The van der Waals surface area contributed by atoms with Crippen LogP contribution in [-0.4, -0.2) is 58.2 Å². The number of carbonyl (C=O) groups is 1. The van der Waals surface area contributed by atoms with E-state index in [9.17, 15) is 18.0 Å². The van der Waals surface area contributed by atoms with Crippen LogP contribution in [0.15, 0.2) is 41.5 Å². The lowest BCUT2D eigenvalue weighted by Gasteiger charge is -2.26. The average Bonchev–Trinajstić information content (AvgIpc) is 3.45. The van der Waals surface area contributed by atoms with Gasteiger partial charge in [0.15, 0.2) is 5.69 Å². The number of sulfonamides is 1. The summed E-state index contributed by atoms with van der Waals surface area (Å²) >= 11 is 6.05. The molecule has 14 heteroatoms. The SMILES string of the molecule is CCn1c(N2C[C@@H]3C(c4cnc(C)nc4)[C@@H]3C2)nc2c([C@@H](C)Nc3ccc(Cl)nc3C(=O)NS(C)(=O)=O)cc(C)cc2c1=O. The molecule has 0 radical (unpaired) electrons. The third-order valence-electron chi connectivity index (χ3n) is 8.38. The predicted molar refractivity (Wildman–Crippen MR) is 169 cm³/mol. The van der Waals surface area contributed by atoms with E-state index in [0.717, 1.165) is 41.9 Å². The minimum absolute atomic E-state index is 0.0371. The summed E-state index contributed by atoms with van der Waals surface area (Å²) < 4.78 is 27.1. The monoisotopic (exact) mass is 636 g/mol. The van der Waals surface area contributed by atoms with E-state index in [1.807, 2.05) is 56.9 Å². The molecule has 1 aliphatic carbocycles. The molecule has 1 aliphatic heterocycles. The van der Waals surface area contributed by atoms with Gasteiger partial charge in [0.05, 0.1) is 28.9 Å². The van der Waals surface area contributed by atoms with Crippen molar-refractivity contribution < 1.29 is 13.2 Å². The van der Waals surface area contributed by atoms with Crippen LogP contribution in [0.4, 0.5) is 11.6 Å². The summed E-state index contributed by atoms with van der Waals surface area (Å²) in [6.07, 6.45) is 4.72. The third kappa shape index (κ3) is 5.61. The quantitative estimate of drug-likeness (QED) is 0.275. The maximum absolute atomic E-state index is 13.9. The Balaban J connectivity index is 1.34. The number of hydrogen-bond acceptors (Lipinski definition) is 10. The summed E-state index contributed by atoms with van der Waals surface area (Å²) in [4.78, 5) is 46.7. The van der Waals surface area contributed by atoms with Crippen molar-refractivity contribution in [1.29, 1.82) is 0 Å². The van der Waals surface area contributed by atoms with Crippen molar-refractivity contribution in [3.63, 3.8) is 0 Å². The Morgan fingerprint density at radius 2 is 1.80 bits per heavy atom. The number of rotatable bonds is 8. The largest absolute Gasteiger partial charge is 0.377 e. The van der Waals surface area contributed by atoms with Gasteiger partial charge in [-0.1, -0.05) is 17.7 Å². The fourth-order valence-electron chi connectivity index (χ4n) is 6.36. The molecule has 1 unspecified atom stereocenters. The van der Waals surface area contributed by atoms with Crippen molar-refractivity contribution in [2.75, 3.05) is 29.6 Å². The first kappa shape index (κ1) is 29.9. The molecular formula is C30H33ClN8O4S. The van der Waals surface area contributed by atoms with Gasteiger partial charge in [-0.15, -0.1) is 0 Å². The second-order valence-electron chi connectivity index (χ2n) is 11.6. The van der Waals surface area contributed by atoms with Crippen LogP contribution in [0.3, 0.4) is 0 Å². The Morgan fingerprint density at radius 3 is 2.43 bits per heavy atom. The van der Waals surface area contributed by atoms with E-state index < -0.39 is 22.0 Å². The van der Waals surface area contributed by atoms with Crippen LogP contribution in [0, 0.1) is 25.7 Å². The maximum atomic E-state index is 13.9. The van der Waals surface area contributed by atoms with Crippen molar-refractivity contribution in [3.05, 3.63) is 80.4 Å². The molecule has 12 nitrogen and oxygen atoms in total. The molecule has 4 heterocycles. The lowest BCUT2D eigenvalue weighted by Crippen LogP contribution is -2.33. The Bertz CT molecular complexity index is 1950. The number of aryl methyl sites for hydroxylation is 2. The van der Waals surface area contributed by atoms with Crippen LogP contribution in [0.1, 0.15) is 58.8 Å². The molecule has 1 aromatic carbocycles. The zero-order chi connectivity index (χ0) is 31.5. The Morgan fingerprint density at radius 1 is 1.11 bits per heavy atom. The molecule has 0 bridgehead atoms. The van der Waals surface area contributed by atoms with Crippen molar-refractivity contribution in [2.45, 2.75) is 46.2 Å². The van der Waals surface area contributed by atoms with Gasteiger partial charge in [-0.25, -0.2) is 33.1 Å². The topological polar surface area (TPSA) is 152 Å². The van der Waals surface area contributed by atoms with Gasteiger partial charge >= 0.3 is 0 Å². The second-order valence-corrected chi connectivity index (χ2v) is 13.8. The molecule has 44 heavy (non-hydrogen) atoms. The van der Waals surface area contributed by atoms with E-state index in [4.69, 9.17) is 16.6 Å². The number of hydrogen-bond donors (Lipinski definition) is 2. The smallest absolute Gasteiger partial charge is 0.285 e. The maximum Gasteiger partial charge on any atom is 0.285 e. The number of benzene rings is 1. The number of nitrogens with zero attached hydrogens (tertiary/aromatic N) is 6. The van der Waals surface area contributed by atoms with Crippen LogP contribution in [0.5, 0.6) is 0 Å². The lowest BCUT2D eigenvalue weighted by atomic mass is 10.0. The number of amides is 1. The fraction of sp³-hybridized carbons (Fsp3) is 0.400. The molecular weight excluding hydrogens is 604 g/mol. The van der Waals surface area contributed by atoms with Gasteiger partial charge in [0.1, 0.15) is 11.0 Å². The van der Waals surface area contributed by atoms with E-state index in [1.54, 1.807) is 10.6 Å². The summed E-state index contributed by atoms with van der Waals surface area (Å²) in [7, 11) is -3.83. The van der Waals surface area contributed by atoms with Crippen molar-refractivity contribution in [1.82, 2.24) is 29.2 Å². The number of carbonyl (C=O) groups excluding carboxylic acids is 1. The Kier molecular flexibility index (Phi) is 7.57. The number of fused-ring (bicyclic) bond motifs is 2. The molecule has 2 N–H and O–H groups in total. The third-order valence-corrected chi connectivity index (χ3v) is 9.15. The zero-order valence-corrected chi connectivity index (χ0v) is 26.6. The van der Waals surface area contributed by atoms with Crippen molar-refractivity contribution in [3.8, 4) is 0 Å². The van der Waals surface area contributed by atoms with Gasteiger partial charge in [0.25, 0.3) is 11.5 Å². The van der Waals surface area contributed by atoms with Crippen LogP contribution in [0.2, 0.25) is 5.15 Å².